The van der Waals surface area contributed by atoms with Crippen molar-refractivity contribution in [3.8, 4) is 0 Å². The molecular formula is C17H15N5O3. The molecule has 0 atom stereocenters. The quantitative estimate of drug-likeness (QED) is 0.526. The minimum absolute atomic E-state index is 0.0226. The zero-order valence-electron chi connectivity index (χ0n) is 13.6. The Bertz CT molecular complexity index is 918. The minimum atomic E-state index is -0.445. The van der Waals surface area contributed by atoms with Crippen molar-refractivity contribution in [3.05, 3.63) is 63.7 Å². The number of nitrogens with one attached hydrogen (secondary N) is 1. The molecule has 2 aromatic carbocycles. The van der Waals surface area contributed by atoms with Crippen molar-refractivity contribution in [3.63, 3.8) is 0 Å². The Labute approximate surface area is 143 Å². The van der Waals surface area contributed by atoms with E-state index in [2.05, 4.69) is 15.5 Å². The van der Waals surface area contributed by atoms with E-state index >= 15 is 0 Å². The van der Waals surface area contributed by atoms with Crippen LogP contribution in [-0.4, -0.2) is 36.9 Å². The number of rotatable bonds is 4. The van der Waals surface area contributed by atoms with Crippen LogP contribution in [0, 0.1) is 10.1 Å². The lowest BCUT2D eigenvalue weighted by atomic mass is 10.1. The molecule has 8 heteroatoms. The van der Waals surface area contributed by atoms with Gasteiger partial charge >= 0.3 is 0 Å². The van der Waals surface area contributed by atoms with Gasteiger partial charge in [0.15, 0.2) is 5.71 Å². The van der Waals surface area contributed by atoms with Crippen LogP contribution in [0.2, 0.25) is 0 Å². The van der Waals surface area contributed by atoms with Crippen molar-refractivity contribution in [1.29, 1.82) is 0 Å². The van der Waals surface area contributed by atoms with E-state index in [4.69, 9.17) is 0 Å². The Morgan fingerprint density at radius 1 is 1.20 bits per heavy atom. The number of benzene rings is 2. The number of carbonyl (C=O) groups is 1. The standard InChI is InChI=1S/C17H15N5O3/c1-21(2)14-8-7-11(9-15(14)22(24)25)10-18-20-16-12-5-3-4-6-13(12)19-17(16)23/h3-10H,1-2H3,(H,19,20,23). The van der Waals surface area contributed by atoms with Crippen molar-refractivity contribution in [2.45, 2.75) is 0 Å². The van der Waals surface area contributed by atoms with Crippen LogP contribution in [0.15, 0.2) is 52.7 Å². The summed E-state index contributed by atoms with van der Waals surface area (Å²) in [6, 6.07) is 11.9. The van der Waals surface area contributed by atoms with Crippen molar-refractivity contribution in [2.24, 2.45) is 10.2 Å². The van der Waals surface area contributed by atoms with E-state index in [0.29, 0.717) is 22.5 Å². The Kier molecular flexibility index (Phi) is 4.25. The molecule has 25 heavy (non-hydrogen) atoms. The fourth-order valence-electron chi connectivity index (χ4n) is 2.50. The number of hydrogen-bond donors (Lipinski definition) is 1. The van der Waals surface area contributed by atoms with Crippen molar-refractivity contribution >= 4 is 34.9 Å². The molecule has 0 aromatic heterocycles. The van der Waals surface area contributed by atoms with Gasteiger partial charge in [0.05, 0.1) is 16.8 Å². The van der Waals surface area contributed by atoms with Crippen molar-refractivity contribution in [2.75, 3.05) is 24.3 Å². The minimum Gasteiger partial charge on any atom is -0.372 e. The molecule has 1 amide bonds. The van der Waals surface area contributed by atoms with E-state index in [1.807, 2.05) is 12.1 Å². The Hall–Kier alpha value is -3.55. The molecule has 0 saturated heterocycles. The molecule has 8 nitrogen and oxygen atoms in total. The number of hydrogen-bond acceptors (Lipinski definition) is 6. The van der Waals surface area contributed by atoms with Gasteiger partial charge in [-0.25, -0.2) is 0 Å². The third-order valence-corrected chi connectivity index (χ3v) is 3.69. The highest BCUT2D eigenvalue weighted by molar-refractivity contribution is 6.53. The van der Waals surface area contributed by atoms with Crippen molar-refractivity contribution in [1.82, 2.24) is 0 Å². The molecule has 0 unspecified atom stereocenters. The molecule has 1 aliphatic rings. The highest BCUT2D eigenvalue weighted by atomic mass is 16.6. The van der Waals surface area contributed by atoms with Gasteiger partial charge in [-0.2, -0.15) is 5.10 Å². The average Bonchev–Trinajstić information content (AvgIpc) is 2.90. The molecule has 0 radical (unpaired) electrons. The molecule has 0 fully saturated rings. The second kappa shape index (κ2) is 6.52. The van der Waals surface area contributed by atoms with Gasteiger partial charge in [-0.15, -0.1) is 5.10 Å². The maximum absolute atomic E-state index is 11.9. The van der Waals surface area contributed by atoms with E-state index in [1.165, 1.54) is 12.3 Å². The number of para-hydroxylation sites is 1. The second-order valence-electron chi connectivity index (χ2n) is 5.59. The molecule has 1 heterocycles. The van der Waals surface area contributed by atoms with Crippen molar-refractivity contribution < 1.29 is 9.72 Å². The number of nitrogens with zero attached hydrogens (tertiary/aromatic N) is 4. The fourth-order valence-corrected chi connectivity index (χ4v) is 2.50. The number of nitro benzene ring substituents is 1. The van der Waals surface area contributed by atoms with E-state index in [9.17, 15) is 14.9 Å². The normalized spacial score (nSPS) is 14.6. The third-order valence-electron chi connectivity index (χ3n) is 3.69. The van der Waals surface area contributed by atoms with E-state index in [0.717, 1.165) is 0 Å². The molecule has 0 bridgehead atoms. The number of amides is 1. The fraction of sp³-hybridized carbons (Fsp3) is 0.118. The van der Waals surface area contributed by atoms with Gasteiger partial charge in [-0.3, -0.25) is 14.9 Å². The number of fused-ring (bicyclic) bond motifs is 1. The van der Waals surface area contributed by atoms with Gasteiger partial charge in [0.2, 0.25) is 0 Å². The summed E-state index contributed by atoms with van der Waals surface area (Å²) in [6.07, 6.45) is 1.38. The van der Waals surface area contributed by atoms with E-state index in [1.54, 1.807) is 43.3 Å². The Balaban J connectivity index is 1.89. The van der Waals surface area contributed by atoms with Crippen LogP contribution in [0.5, 0.6) is 0 Å². The zero-order valence-corrected chi connectivity index (χ0v) is 13.6. The maximum atomic E-state index is 11.9. The summed E-state index contributed by atoms with van der Waals surface area (Å²) in [4.78, 5) is 24.3. The van der Waals surface area contributed by atoms with Crippen LogP contribution in [0.3, 0.4) is 0 Å². The van der Waals surface area contributed by atoms with Gasteiger partial charge in [0.1, 0.15) is 5.69 Å². The molecule has 3 rings (SSSR count). The maximum Gasteiger partial charge on any atom is 0.293 e. The lowest BCUT2D eigenvalue weighted by Crippen LogP contribution is -2.13. The first-order valence-electron chi connectivity index (χ1n) is 7.45. The molecular weight excluding hydrogens is 322 g/mol. The van der Waals surface area contributed by atoms with Crippen LogP contribution in [0.25, 0.3) is 0 Å². The molecule has 126 valence electrons. The summed E-state index contributed by atoms with van der Waals surface area (Å²) in [7, 11) is 3.47. The molecule has 2 aromatic rings. The molecule has 0 saturated carbocycles. The van der Waals surface area contributed by atoms with Gasteiger partial charge < -0.3 is 10.2 Å². The predicted molar refractivity (Wildman–Crippen MR) is 96.6 cm³/mol. The number of carbonyl (C=O) groups excluding carboxylic acids is 1. The molecule has 0 aliphatic carbocycles. The van der Waals surface area contributed by atoms with E-state index < -0.39 is 4.92 Å². The lowest BCUT2D eigenvalue weighted by molar-refractivity contribution is -0.384. The summed E-state index contributed by atoms with van der Waals surface area (Å²) >= 11 is 0. The molecule has 1 N–H and O–H groups in total. The smallest absolute Gasteiger partial charge is 0.293 e. The summed E-state index contributed by atoms with van der Waals surface area (Å²) in [6.45, 7) is 0. The highest BCUT2D eigenvalue weighted by Gasteiger charge is 2.25. The van der Waals surface area contributed by atoms with Gasteiger partial charge in [-0.1, -0.05) is 24.3 Å². The topological polar surface area (TPSA) is 100 Å². The first-order chi connectivity index (χ1) is 12.0. The second-order valence-corrected chi connectivity index (χ2v) is 5.59. The van der Waals surface area contributed by atoms with Gasteiger partial charge in [0, 0.05) is 31.3 Å². The summed E-state index contributed by atoms with van der Waals surface area (Å²) < 4.78 is 0. The van der Waals surface area contributed by atoms with Crippen LogP contribution in [0.1, 0.15) is 11.1 Å². The lowest BCUT2D eigenvalue weighted by Gasteiger charge is -2.12. The third kappa shape index (κ3) is 3.23. The van der Waals surface area contributed by atoms with Gasteiger partial charge in [-0.05, 0) is 12.1 Å². The summed E-state index contributed by atoms with van der Waals surface area (Å²) in [5.74, 6) is -0.327. The largest absolute Gasteiger partial charge is 0.372 e. The average molecular weight is 337 g/mol. The van der Waals surface area contributed by atoms with Crippen LogP contribution >= 0.6 is 0 Å². The first kappa shape index (κ1) is 16.3. The number of anilines is 2. The Morgan fingerprint density at radius 2 is 1.96 bits per heavy atom. The SMILES string of the molecule is CN(C)c1ccc(C=NN=C2C(=O)Nc3ccccc32)cc1[N+](=O)[O-]. The highest BCUT2D eigenvalue weighted by Crippen LogP contribution is 2.27. The summed E-state index contributed by atoms with van der Waals surface area (Å²) in [5.41, 5.74) is 2.58. The zero-order chi connectivity index (χ0) is 18.0. The molecule has 0 spiro atoms. The van der Waals surface area contributed by atoms with Crippen LogP contribution < -0.4 is 10.2 Å². The predicted octanol–water partition coefficient (Wildman–Crippen LogP) is 2.44. The van der Waals surface area contributed by atoms with Crippen LogP contribution in [-0.2, 0) is 4.79 Å². The number of nitro groups is 1. The Morgan fingerprint density at radius 3 is 2.68 bits per heavy atom. The monoisotopic (exact) mass is 337 g/mol. The molecule has 1 aliphatic heterocycles. The summed E-state index contributed by atoms with van der Waals surface area (Å²) in [5, 5.41) is 21.8. The first-order valence-corrected chi connectivity index (χ1v) is 7.45. The van der Waals surface area contributed by atoms with Gasteiger partial charge in [0.25, 0.3) is 11.6 Å². The van der Waals surface area contributed by atoms with E-state index in [-0.39, 0.29) is 17.3 Å². The van der Waals surface area contributed by atoms with Crippen LogP contribution in [0.4, 0.5) is 17.1 Å².